The van der Waals surface area contributed by atoms with Crippen LogP contribution in [0.1, 0.15) is 17.2 Å². The SMILES string of the molecule is CNC(c1cc(Br)ccc1Br)c1cc(Br)ccc1OC. The van der Waals surface area contributed by atoms with Crippen molar-refractivity contribution in [3.8, 4) is 5.75 Å². The third kappa shape index (κ3) is 3.45. The monoisotopic (exact) mass is 461 g/mol. The minimum absolute atomic E-state index is 0.0364. The molecule has 2 nitrogen and oxygen atoms in total. The molecule has 2 aromatic rings. The van der Waals surface area contributed by atoms with Crippen molar-refractivity contribution in [2.24, 2.45) is 0 Å². The molecule has 0 aliphatic carbocycles. The lowest BCUT2D eigenvalue weighted by molar-refractivity contribution is 0.405. The van der Waals surface area contributed by atoms with Crippen LogP contribution >= 0.6 is 47.8 Å². The fourth-order valence-electron chi connectivity index (χ4n) is 2.15. The van der Waals surface area contributed by atoms with Crippen molar-refractivity contribution in [2.75, 3.05) is 14.2 Å². The molecule has 106 valence electrons. The Morgan fingerprint density at radius 3 is 2.15 bits per heavy atom. The molecule has 0 aromatic heterocycles. The molecule has 0 spiro atoms. The smallest absolute Gasteiger partial charge is 0.124 e. The summed E-state index contributed by atoms with van der Waals surface area (Å²) in [5, 5.41) is 3.35. The third-order valence-corrected chi connectivity index (χ3v) is 4.77. The first-order valence-corrected chi connectivity index (χ1v) is 8.40. The van der Waals surface area contributed by atoms with Gasteiger partial charge in [-0.15, -0.1) is 0 Å². The van der Waals surface area contributed by atoms with Crippen molar-refractivity contribution in [3.05, 3.63) is 60.9 Å². The highest BCUT2D eigenvalue weighted by Crippen LogP contribution is 2.36. The molecular formula is C15H14Br3NO. The fraction of sp³-hybridized carbons (Fsp3) is 0.200. The average Bonchev–Trinajstić information content (AvgIpc) is 2.44. The van der Waals surface area contributed by atoms with Gasteiger partial charge in [-0.2, -0.15) is 0 Å². The Hall–Kier alpha value is -0.360. The zero-order valence-corrected chi connectivity index (χ0v) is 15.8. The molecule has 0 fully saturated rings. The van der Waals surface area contributed by atoms with E-state index < -0.39 is 0 Å². The summed E-state index contributed by atoms with van der Waals surface area (Å²) < 4.78 is 8.62. The molecule has 0 aliphatic heterocycles. The maximum absolute atomic E-state index is 5.49. The Balaban J connectivity index is 2.57. The molecule has 1 unspecified atom stereocenters. The Morgan fingerprint density at radius 1 is 0.950 bits per heavy atom. The number of ether oxygens (including phenoxy) is 1. The molecule has 0 radical (unpaired) electrons. The van der Waals surface area contributed by atoms with Crippen molar-refractivity contribution in [3.63, 3.8) is 0 Å². The van der Waals surface area contributed by atoms with E-state index in [4.69, 9.17) is 4.74 Å². The second-order valence-electron chi connectivity index (χ2n) is 4.27. The summed E-state index contributed by atoms with van der Waals surface area (Å²) in [6.45, 7) is 0. The first kappa shape index (κ1) is 16.0. The summed E-state index contributed by atoms with van der Waals surface area (Å²) in [4.78, 5) is 0. The fourth-order valence-corrected chi connectivity index (χ4v) is 3.38. The van der Waals surface area contributed by atoms with Crippen LogP contribution in [-0.4, -0.2) is 14.2 Å². The van der Waals surface area contributed by atoms with E-state index >= 15 is 0 Å². The van der Waals surface area contributed by atoms with Gasteiger partial charge >= 0.3 is 0 Å². The number of methoxy groups -OCH3 is 1. The highest BCUT2D eigenvalue weighted by molar-refractivity contribution is 9.11. The second-order valence-corrected chi connectivity index (χ2v) is 6.96. The van der Waals surface area contributed by atoms with Gasteiger partial charge in [-0.25, -0.2) is 0 Å². The first-order valence-electron chi connectivity index (χ1n) is 6.02. The molecule has 0 amide bonds. The minimum Gasteiger partial charge on any atom is -0.496 e. The molecule has 0 saturated heterocycles. The third-order valence-electron chi connectivity index (χ3n) is 3.06. The lowest BCUT2D eigenvalue weighted by atomic mass is 9.98. The zero-order valence-electron chi connectivity index (χ0n) is 11.1. The maximum atomic E-state index is 5.49. The number of hydrogen-bond acceptors (Lipinski definition) is 2. The van der Waals surface area contributed by atoms with E-state index in [0.717, 1.165) is 30.3 Å². The van der Waals surface area contributed by atoms with Gasteiger partial charge in [-0.05, 0) is 49.0 Å². The zero-order chi connectivity index (χ0) is 14.7. The van der Waals surface area contributed by atoms with Crippen LogP contribution in [0, 0.1) is 0 Å². The normalized spacial score (nSPS) is 12.2. The maximum Gasteiger partial charge on any atom is 0.124 e. The van der Waals surface area contributed by atoms with Crippen molar-refractivity contribution in [2.45, 2.75) is 6.04 Å². The van der Waals surface area contributed by atoms with E-state index in [1.807, 2.05) is 31.3 Å². The van der Waals surface area contributed by atoms with Crippen LogP contribution < -0.4 is 10.1 Å². The summed E-state index contributed by atoms with van der Waals surface area (Å²) in [6, 6.07) is 12.2. The van der Waals surface area contributed by atoms with Gasteiger partial charge in [0, 0.05) is 19.0 Å². The van der Waals surface area contributed by atoms with Gasteiger partial charge in [0.15, 0.2) is 0 Å². The molecule has 5 heteroatoms. The van der Waals surface area contributed by atoms with Crippen molar-refractivity contribution >= 4 is 47.8 Å². The Morgan fingerprint density at radius 2 is 1.55 bits per heavy atom. The molecule has 0 heterocycles. The number of halogens is 3. The summed E-state index contributed by atoms with van der Waals surface area (Å²) >= 11 is 10.7. The van der Waals surface area contributed by atoms with Crippen LogP contribution in [0.3, 0.4) is 0 Å². The van der Waals surface area contributed by atoms with Crippen LogP contribution in [-0.2, 0) is 0 Å². The Kier molecular flexibility index (Phi) is 5.66. The van der Waals surface area contributed by atoms with Crippen LogP contribution in [0.5, 0.6) is 5.75 Å². The van der Waals surface area contributed by atoms with Crippen molar-refractivity contribution in [1.82, 2.24) is 5.32 Å². The van der Waals surface area contributed by atoms with E-state index in [1.54, 1.807) is 7.11 Å². The number of hydrogen-bond donors (Lipinski definition) is 1. The van der Waals surface area contributed by atoms with Crippen LogP contribution in [0.2, 0.25) is 0 Å². The van der Waals surface area contributed by atoms with Gasteiger partial charge in [0.05, 0.1) is 13.2 Å². The van der Waals surface area contributed by atoms with Gasteiger partial charge in [0.25, 0.3) is 0 Å². The van der Waals surface area contributed by atoms with Crippen molar-refractivity contribution in [1.29, 1.82) is 0 Å². The largest absolute Gasteiger partial charge is 0.496 e. The van der Waals surface area contributed by atoms with E-state index in [-0.39, 0.29) is 6.04 Å². The summed E-state index contributed by atoms with van der Waals surface area (Å²) in [7, 11) is 3.63. The predicted octanol–water partition coefficient (Wildman–Crippen LogP) is 5.29. The molecule has 2 rings (SSSR count). The molecule has 1 N–H and O–H groups in total. The highest BCUT2D eigenvalue weighted by atomic mass is 79.9. The van der Waals surface area contributed by atoms with Gasteiger partial charge in [-0.1, -0.05) is 47.8 Å². The van der Waals surface area contributed by atoms with Gasteiger partial charge < -0.3 is 10.1 Å². The highest BCUT2D eigenvalue weighted by Gasteiger charge is 2.19. The van der Waals surface area contributed by atoms with Crippen molar-refractivity contribution < 1.29 is 4.74 Å². The minimum atomic E-state index is 0.0364. The van der Waals surface area contributed by atoms with E-state index in [1.165, 1.54) is 0 Å². The molecule has 2 aromatic carbocycles. The number of benzene rings is 2. The quantitative estimate of drug-likeness (QED) is 0.665. The summed E-state index contributed by atoms with van der Waals surface area (Å²) in [6.07, 6.45) is 0. The number of nitrogens with one attached hydrogen (secondary N) is 1. The van der Waals surface area contributed by atoms with Crippen LogP contribution in [0.15, 0.2) is 49.8 Å². The Bertz CT molecular complexity index is 616. The van der Waals surface area contributed by atoms with Gasteiger partial charge in [0.2, 0.25) is 0 Å². The summed E-state index contributed by atoms with van der Waals surface area (Å²) in [5.74, 6) is 0.861. The molecule has 1 atom stereocenters. The molecule has 0 saturated carbocycles. The summed E-state index contributed by atoms with van der Waals surface area (Å²) in [5.41, 5.74) is 2.24. The van der Waals surface area contributed by atoms with Gasteiger partial charge in [-0.3, -0.25) is 0 Å². The van der Waals surface area contributed by atoms with Crippen LogP contribution in [0.4, 0.5) is 0 Å². The topological polar surface area (TPSA) is 21.3 Å². The van der Waals surface area contributed by atoms with Gasteiger partial charge in [0.1, 0.15) is 5.75 Å². The van der Waals surface area contributed by atoms with Crippen LogP contribution in [0.25, 0.3) is 0 Å². The lowest BCUT2D eigenvalue weighted by Gasteiger charge is -2.21. The molecule has 20 heavy (non-hydrogen) atoms. The predicted molar refractivity (Wildman–Crippen MR) is 93.4 cm³/mol. The second kappa shape index (κ2) is 7.07. The first-order chi connectivity index (χ1) is 9.56. The molecule has 0 aliphatic rings. The lowest BCUT2D eigenvalue weighted by Crippen LogP contribution is -2.19. The number of rotatable bonds is 4. The average molecular weight is 464 g/mol. The molecular weight excluding hydrogens is 450 g/mol. The van der Waals surface area contributed by atoms with E-state index in [2.05, 4.69) is 65.2 Å². The standard InChI is InChI=1S/C15H14Br3NO/c1-19-15(11-7-9(16)3-5-13(11)18)12-8-10(17)4-6-14(12)20-2/h3-8,15,19H,1-2H3. The van der Waals surface area contributed by atoms with E-state index in [9.17, 15) is 0 Å². The Labute approximate surface area is 144 Å². The van der Waals surface area contributed by atoms with E-state index in [0.29, 0.717) is 0 Å². The molecule has 0 bridgehead atoms.